The molecule has 1 aromatic carbocycles. The first kappa shape index (κ1) is 13.9. The number of halogens is 1. The molecule has 0 amide bonds. The Labute approximate surface area is 121 Å². The Balaban J connectivity index is 1.86. The fourth-order valence-corrected chi connectivity index (χ4v) is 3.73. The van der Waals surface area contributed by atoms with E-state index in [0.29, 0.717) is 18.0 Å². The van der Waals surface area contributed by atoms with Gasteiger partial charge in [0, 0.05) is 30.9 Å². The van der Waals surface area contributed by atoms with E-state index in [0.717, 1.165) is 18.8 Å². The molecule has 20 heavy (non-hydrogen) atoms. The molecule has 0 spiro atoms. The maximum atomic E-state index is 13.5. The van der Waals surface area contributed by atoms with Crippen LogP contribution in [0.2, 0.25) is 0 Å². The maximum Gasteiger partial charge on any atom is 0.125 e. The van der Waals surface area contributed by atoms with E-state index in [1.807, 2.05) is 6.07 Å². The molecule has 0 bridgehead atoms. The molecule has 1 aromatic rings. The van der Waals surface area contributed by atoms with Crippen LogP contribution in [0.1, 0.15) is 33.1 Å². The van der Waals surface area contributed by atoms with Gasteiger partial charge in [-0.25, -0.2) is 4.39 Å². The van der Waals surface area contributed by atoms with Crippen LogP contribution in [0, 0.1) is 11.7 Å². The van der Waals surface area contributed by atoms with Crippen LogP contribution in [0.4, 0.5) is 10.1 Å². The van der Waals surface area contributed by atoms with Gasteiger partial charge in [-0.15, -0.1) is 0 Å². The lowest BCUT2D eigenvalue weighted by Gasteiger charge is -2.50. The molecule has 110 valence electrons. The van der Waals surface area contributed by atoms with Crippen molar-refractivity contribution in [2.24, 2.45) is 5.92 Å². The zero-order valence-electron chi connectivity index (χ0n) is 12.6. The van der Waals surface area contributed by atoms with Crippen LogP contribution in [0.15, 0.2) is 24.3 Å². The predicted molar refractivity (Wildman–Crippen MR) is 81.6 cm³/mol. The maximum absolute atomic E-state index is 13.5. The molecular formula is C17H25FN2. The van der Waals surface area contributed by atoms with Gasteiger partial charge in [-0.05, 0) is 43.5 Å². The molecule has 0 saturated carbocycles. The molecule has 0 aromatic heterocycles. The smallest absolute Gasteiger partial charge is 0.125 e. The van der Waals surface area contributed by atoms with E-state index in [-0.39, 0.29) is 5.82 Å². The first-order valence-electron chi connectivity index (χ1n) is 7.91. The second kappa shape index (κ2) is 5.72. The summed E-state index contributed by atoms with van der Waals surface area (Å²) in [5.41, 5.74) is 1.05. The fourth-order valence-electron chi connectivity index (χ4n) is 3.73. The summed E-state index contributed by atoms with van der Waals surface area (Å²) in [5.74, 6) is 0.456. The average molecular weight is 276 g/mol. The normalized spacial score (nSPS) is 27.7. The Morgan fingerprint density at radius 3 is 2.80 bits per heavy atom. The number of fused-ring (bicyclic) bond motifs is 1. The molecule has 3 rings (SSSR count). The number of hydrogen-bond donors (Lipinski definition) is 0. The standard InChI is InChI=1S/C17H25FN2/c1-13(2)17-12-19-9-4-3-7-16(19)11-20(17)15-8-5-6-14(18)10-15/h5-6,8,10,13,16-17H,3-4,7,9,11-12H2,1-2H3. The molecule has 2 saturated heterocycles. The van der Waals surface area contributed by atoms with E-state index >= 15 is 0 Å². The van der Waals surface area contributed by atoms with Crippen LogP contribution >= 0.6 is 0 Å². The fraction of sp³-hybridized carbons (Fsp3) is 0.647. The van der Waals surface area contributed by atoms with Crippen LogP contribution in [0.25, 0.3) is 0 Å². The minimum Gasteiger partial charge on any atom is -0.365 e. The Morgan fingerprint density at radius 2 is 2.05 bits per heavy atom. The topological polar surface area (TPSA) is 6.48 Å². The van der Waals surface area contributed by atoms with Gasteiger partial charge in [0.25, 0.3) is 0 Å². The Hall–Kier alpha value is -1.09. The largest absolute Gasteiger partial charge is 0.365 e. The molecule has 2 heterocycles. The third kappa shape index (κ3) is 2.69. The van der Waals surface area contributed by atoms with Gasteiger partial charge < -0.3 is 4.90 Å². The predicted octanol–water partition coefficient (Wildman–Crippen LogP) is 3.52. The van der Waals surface area contributed by atoms with E-state index in [1.54, 1.807) is 6.07 Å². The molecule has 2 unspecified atom stereocenters. The first-order valence-corrected chi connectivity index (χ1v) is 7.91. The first-order chi connectivity index (χ1) is 9.65. The van der Waals surface area contributed by atoms with Gasteiger partial charge in [-0.1, -0.05) is 26.3 Å². The van der Waals surface area contributed by atoms with E-state index < -0.39 is 0 Å². The summed E-state index contributed by atoms with van der Waals surface area (Å²) in [6.07, 6.45) is 3.96. The Morgan fingerprint density at radius 1 is 1.20 bits per heavy atom. The summed E-state index contributed by atoms with van der Waals surface area (Å²) in [6.45, 7) is 7.97. The monoisotopic (exact) mass is 276 g/mol. The highest BCUT2D eigenvalue weighted by Gasteiger charge is 2.36. The van der Waals surface area contributed by atoms with Gasteiger partial charge in [0.05, 0.1) is 0 Å². The summed E-state index contributed by atoms with van der Waals surface area (Å²) >= 11 is 0. The van der Waals surface area contributed by atoms with Crippen molar-refractivity contribution in [3.05, 3.63) is 30.1 Å². The van der Waals surface area contributed by atoms with Crippen molar-refractivity contribution in [1.29, 1.82) is 0 Å². The van der Waals surface area contributed by atoms with Gasteiger partial charge in [0.15, 0.2) is 0 Å². The summed E-state index contributed by atoms with van der Waals surface area (Å²) in [7, 11) is 0. The summed E-state index contributed by atoms with van der Waals surface area (Å²) < 4.78 is 13.5. The number of benzene rings is 1. The minimum atomic E-state index is -0.129. The highest BCUT2D eigenvalue weighted by molar-refractivity contribution is 5.48. The van der Waals surface area contributed by atoms with Gasteiger partial charge >= 0.3 is 0 Å². The highest BCUT2D eigenvalue weighted by Crippen LogP contribution is 2.31. The number of hydrogen-bond acceptors (Lipinski definition) is 2. The van der Waals surface area contributed by atoms with Crippen molar-refractivity contribution in [3.8, 4) is 0 Å². The lowest BCUT2D eigenvalue weighted by molar-refractivity contribution is 0.100. The number of rotatable bonds is 2. The Kier molecular flexibility index (Phi) is 3.97. The Bertz CT molecular complexity index is 460. The van der Waals surface area contributed by atoms with Gasteiger partial charge in [0.1, 0.15) is 5.82 Å². The molecule has 2 aliphatic rings. The van der Waals surface area contributed by atoms with Crippen molar-refractivity contribution in [3.63, 3.8) is 0 Å². The second-order valence-corrected chi connectivity index (χ2v) is 6.59. The molecule has 2 aliphatic heterocycles. The second-order valence-electron chi connectivity index (χ2n) is 6.59. The van der Waals surface area contributed by atoms with Gasteiger partial charge in [0.2, 0.25) is 0 Å². The molecule has 0 radical (unpaired) electrons. The number of anilines is 1. The molecule has 2 atom stereocenters. The van der Waals surface area contributed by atoms with Crippen molar-refractivity contribution in [2.45, 2.75) is 45.2 Å². The number of piperidine rings is 1. The lowest BCUT2D eigenvalue weighted by Crippen LogP contribution is -2.61. The minimum absolute atomic E-state index is 0.129. The van der Waals surface area contributed by atoms with Crippen molar-refractivity contribution >= 4 is 5.69 Å². The van der Waals surface area contributed by atoms with Crippen molar-refractivity contribution < 1.29 is 4.39 Å². The zero-order chi connectivity index (χ0) is 14.1. The van der Waals surface area contributed by atoms with Gasteiger partial charge in [-0.3, -0.25) is 4.90 Å². The van der Waals surface area contributed by atoms with Crippen LogP contribution in [-0.2, 0) is 0 Å². The zero-order valence-corrected chi connectivity index (χ0v) is 12.6. The summed E-state index contributed by atoms with van der Waals surface area (Å²) in [6, 6.07) is 8.25. The van der Waals surface area contributed by atoms with Crippen LogP contribution in [0.3, 0.4) is 0 Å². The lowest BCUT2D eigenvalue weighted by atomic mass is 9.91. The van der Waals surface area contributed by atoms with Crippen LogP contribution in [0.5, 0.6) is 0 Å². The summed E-state index contributed by atoms with van der Waals surface area (Å²) in [5, 5.41) is 0. The quantitative estimate of drug-likeness (QED) is 0.815. The number of nitrogens with zero attached hydrogens (tertiary/aromatic N) is 2. The van der Waals surface area contributed by atoms with Crippen LogP contribution in [-0.4, -0.2) is 36.6 Å². The summed E-state index contributed by atoms with van der Waals surface area (Å²) in [4.78, 5) is 5.10. The average Bonchev–Trinajstić information content (AvgIpc) is 2.46. The third-order valence-electron chi connectivity index (χ3n) is 4.89. The molecule has 0 aliphatic carbocycles. The molecule has 2 fully saturated rings. The van der Waals surface area contributed by atoms with Crippen molar-refractivity contribution in [2.75, 3.05) is 24.5 Å². The SMILES string of the molecule is CC(C)C1CN2CCCCC2CN1c1cccc(F)c1. The molecule has 0 N–H and O–H groups in total. The third-order valence-corrected chi connectivity index (χ3v) is 4.89. The number of piperazine rings is 1. The van der Waals surface area contributed by atoms with E-state index in [2.05, 4.69) is 29.7 Å². The van der Waals surface area contributed by atoms with Gasteiger partial charge in [-0.2, -0.15) is 0 Å². The van der Waals surface area contributed by atoms with Crippen LogP contribution < -0.4 is 4.90 Å². The van der Waals surface area contributed by atoms with Crippen molar-refractivity contribution in [1.82, 2.24) is 4.90 Å². The molecular weight excluding hydrogens is 251 g/mol. The van der Waals surface area contributed by atoms with E-state index in [9.17, 15) is 4.39 Å². The molecule has 2 nitrogen and oxygen atoms in total. The highest BCUT2D eigenvalue weighted by atomic mass is 19.1. The van der Waals surface area contributed by atoms with E-state index in [1.165, 1.54) is 31.9 Å². The van der Waals surface area contributed by atoms with E-state index in [4.69, 9.17) is 0 Å². The molecule has 3 heteroatoms.